The van der Waals surface area contributed by atoms with E-state index in [-0.39, 0.29) is 5.69 Å². The van der Waals surface area contributed by atoms with Crippen LogP contribution in [0, 0.1) is 0 Å². The molecule has 2 aromatic heterocycles. The summed E-state index contributed by atoms with van der Waals surface area (Å²) in [5, 5.41) is 8.95. The minimum absolute atomic E-state index is 0.151. The lowest BCUT2D eigenvalue weighted by Crippen LogP contribution is -2.05. The Balaban J connectivity index is 2.63. The molecule has 0 amide bonds. The normalized spacial score (nSPS) is 10.3. The molecule has 0 radical (unpaired) electrons. The molecule has 0 atom stereocenters. The minimum Gasteiger partial charge on any atom is -0.477 e. The van der Waals surface area contributed by atoms with Crippen molar-refractivity contribution in [3.8, 4) is 11.4 Å². The van der Waals surface area contributed by atoms with Crippen LogP contribution in [0.4, 0.5) is 5.69 Å². The van der Waals surface area contributed by atoms with E-state index in [1.54, 1.807) is 25.4 Å². The molecule has 5 nitrogen and oxygen atoms in total. The summed E-state index contributed by atoms with van der Waals surface area (Å²) in [5.41, 5.74) is 7.64. The standard InChI is InChI=1S/C11H11N3O2/c1-14-9(11(15)16)6-7(12)10(14)8-4-2-3-5-13-8/h2-6H,12H2,1H3,(H,15,16). The number of aromatic carboxylic acids is 1. The third kappa shape index (κ3) is 1.52. The molecule has 2 rings (SSSR count). The number of carbonyl (C=O) groups is 1. The predicted octanol–water partition coefficient (Wildman–Crippen LogP) is 1.37. The molecule has 82 valence electrons. The van der Waals surface area contributed by atoms with Crippen molar-refractivity contribution >= 4 is 11.7 Å². The predicted molar refractivity (Wildman–Crippen MR) is 60.0 cm³/mol. The van der Waals surface area contributed by atoms with Gasteiger partial charge in [-0.15, -0.1) is 0 Å². The monoisotopic (exact) mass is 217 g/mol. The van der Waals surface area contributed by atoms with Crippen LogP contribution < -0.4 is 5.73 Å². The van der Waals surface area contributed by atoms with E-state index < -0.39 is 5.97 Å². The number of nitrogens with two attached hydrogens (primary N) is 1. The first kappa shape index (κ1) is 10.2. The van der Waals surface area contributed by atoms with Crippen LogP contribution >= 0.6 is 0 Å². The van der Waals surface area contributed by atoms with E-state index in [1.165, 1.54) is 10.6 Å². The molecule has 0 bridgehead atoms. The molecule has 2 aromatic rings. The smallest absolute Gasteiger partial charge is 0.352 e. The van der Waals surface area contributed by atoms with Gasteiger partial charge in [0.1, 0.15) is 5.69 Å². The van der Waals surface area contributed by atoms with E-state index in [2.05, 4.69) is 4.98 Å². The fourth-order valence-electron chi connectivity index (χ4n) is 1.65. The number of rotatable bonds is 2. The van der Waals surface area contributed by atoms with E-state index in [0.717, 1.165) is 0 Å². The second-order valence-electron chi connectivity index (χ2n) is 3.41. The third-order valence-corrected chi connectivity index (χ3v) is 2.39. The maximum absolute atomic E-state index is 10.9. The zero-order chi connectivity index (χ0) is 11.7. The van der Waals surface area contributed by atoms with Crippen molar-refractivity contribution in [1.29, 1.82) is 0 Å². The third-order valence-electron chi connectivity index (χ3n) is 2.39. The van der Waals surface area contributed by atoms with Gasteiger partial charge in [-0.05, 0) is 18.2 Å². The average Bonchev–Trinajstić information content (AvgIpc) is 2.56. The van der Waals surface area contributed by atoms with Gasteiger partial charge in [-0.3, -0.25) is 4.98 Å². The number of hydrogen-bond donors (Lipinski definition) is 2. The quantitative estimate of drug-likeness (QED) is 0.796. The summed E-state index contributed by atoms with van der Waals surface area (Å²) in [4.78, 5) is 15.1. The SMILES string of the molecule is Cn1c(C(=O)O)cc(N)c1-c1ccccn1. The average molecular weight is 217 g/mol. The van der Waals surface area contributed by atoms with Crippen LogP contribution in [0.2, 0.25) is 0 Å². The number of hydrogen-bond acceptors (Lipinski definition) is 3. The van der Waals surface area contributed by atoms with Crippen LogP contribution in [0.25, 0.3) is 11.4 Å². The van der Waals surface area contributed by atoms with E-state index >= 15 is 0 Å². The second-order valence-corrected chi connectivity index (χ2v) is 3.41. The molecule has 0 aliphatic rings. The van der Waals surface area contributed by atoms with Crippen molar-refractivity contribution in [3.05, 3.63) is 36.2 Å². The fraction of sp³-hybridized carbons (Fsp3) is 0.0909. The Hall–Kier alpha value is -2.30. The summed E-state index contributed by atoms with van der Waals surface area (Å²) in [6, 6.07) is 6.85. The van der Waals surface area contributed by atoms with Gasteiger partial charge < -0.3 is 15.4 Å². The van der Waals surface area contributed by atoms with Crippen LogP contribution in [0.5, 0.6) is 0 Å². The van der Waals surface area contributed by atoms with E-state index in [4.69, 9.17) is 10.8 Å². The molecule has 0 spiro atoms. The Labute approximate surface area is 92.2 Å². The lowest BCUT2D eigenvalue weighted by molar-refractivity contribution is 0.0687. The van der Waals surface area contributed by atoms with Crippen LogP contribution in [-0.2, 0) is 7.05 Å². The lowest BCUT2D eigenvalue weighted by Gasteiger charge is -2.05. The van der Waals surface area contributed by atoms with Crippen LogP contribution in [0.3, 0.4) is 0 Å². The Kier molecular flexibility index (Phi) is 2.36. The summed E-state index contributed by atoms with van der Waals surface area (Å²) in [7, 11) is 1.66. The molecule has 0 unspecified atom stereocenters. The highest BCUT2D eigenvalue weighted by molar-refractivity contribution is 5.90. The first-order chi connectivity index (χ1) is 7.61. The molecule has 0 aromatic carbocycles. The summed E-state index contributed by atoms with van der Waals surface area (Å²) < 4.78 is 1.53. The Morgan fingerprint density at radius 1 is 1.50 bits per heavy atom. The topological polar surface area (TPSA) is 81.1 Å². The maximum atomic E-state index is 10.9. The summed E-state index contributed by atoms with van der Waals surface area (Å²) >= 11 is 0. The van der Waals surface area contributed by atoms with Crippen molar-refractivity contribution < 1.29 is 9.90 Å². The zero-order valence-electron chi connectivity index (χ0n) is 8.71. The first-order valence-corrected chi connectivity index (χ1v) is 4.71. The van der Waals surface area contributed by atoms with Gasteiger partial charge in [-0.2, -0.15) is 0 Å². The Morgan fingerprint density at radius 3 is 2.75 bits per heavy atom. The van der Waals surface area contributed by atoms with E-state index in [1.807, 2.05) is 6.07 Å². The zero-order valence-corrected chi connectivity index (χ0v) is 8.71. The summed E-state index contributed by atoms with van der Waals surface area (Å²) in [6.07, 6.45) is 1.64. The molecule has 0 aliphatic carbocycles. The number of anilines is 1. The number of nitrogens with zero attached hydrogens (tertiary/aromatic N) is 2. The van der Waals surface area contributed by atoms with Gasteiger partial charge in [0, 0.05) is 13.2 Å². The molecule has 0 saturated carbocycles. The molecule has 0 saturated heterocycles. The van der Waals surface area contributed by atoms with Gasteiger partial charge in [-0.1, -0.05) is 6.07 Å². The van der Waals surface area contributed by atoms with E-state index in [9.17, 15) is 4.79 Å². The number of carboxylic acids is 1. The van der Waals surface area contributed by atoms with Crippen LogP contribution in [0.15, 0.2) is 30.5 Å². The van der Waals surface area contributed by atoms with Gasteiger partial charge in [-0.25, -0.2) is 4.79 Å². The van der Waals surface area contributed by atoms with Crippen molar-refractivity contribution in [2.24, 2.45) is 7.05 Å². The molecular formula is C11H11N3O2. The van der Waals surface area contributed by atoms with Crippen molar-refractivity contribution in [3.63, 3.8) is 0 Å². The molecule has 2 heterocycles. The van der Waals surface area contributed by atoms with Gasteiger partial charge in [0.25, 0.3) is 0 Å². The van der Waals surface area contributed by atoms with Crippen LogP contribution in [-0.4, -0.2) is 20.6 Å². The largest absolute Gasteiger partial charge is 0.477 e. The Bertz CT molecular complexity index is 532. The summed E-state index contributed by atoms with van der Waals surface area (Å²) in [5.74, 6) is -1.00. The highest BCUT2D eigenvalue weighted by Gasteiger charge is 2.16. The maximum Gasteiger partial charge on any atom is 0.352 e. The van der Waals surface area contributed by atoms with Crippen molar-refractivity contribution in [2.45, 2.75) is 0 Å². The van der Waals surface area contributed by atoms with Gasteiger partial charge in [0.2, 0.25) is 0 Å². The Morgan fingerprint density at radius 2 is 2.25 bits per heavy atom. The molecule has 0 aliphatic heterocycles. The van der Waals surface area contributed by atoms with Gasteiger partial charge >= 0.3 is 5.97 Å². The van der Waals surface area contributed by atoms with Gasteiger partial charge in [0.05, 0.1) is 17.1 Å². The highest BCUT2D eigenvalue weighted by Crippen LogP contribution is 2.26. The van der Waals surface area contributed by atoms with Crippen LogP contribution in [0.1, 0.15) is 10.5 Å². The number of carboxylic acid groups (broad SMARTS) is 1. The minimum atomic E-state index is -1.00. The first-order valence-electron chi connectivity index (χ1n) is 4.71. The molecule has 16 heavy (non-hydrogen) atoms. The number of nitrogen functional groups attached to an aromatic ring is 1. The van der Waals surface area contributed by atoms with E-state index in [0.29, 0.717) is 17.1 Å². The summed E-state index contributed by atoms with van der Waals surface area (Å²) in [6.45, 7) is 0. The molecular weight excluding hydrogens is 206 g/mol. The highest BCUT2D eigenvalue weighted by atomic mass is 16.4. The second kappa shape index (κ2) is 3.69. The van der Waals surface area contributed by atoms with Crippen molar-refractivity contribution in [1.82, 2.24) is 9.55 Å². The number of pyridine rings is 1. The lowest BCUT2D eigenvalue weighted by atomic mass is 10.2. The molecule has 5 heteroatoms. The number of aromatic nitrogens is 2. The fourth-order valence-corrected chi connectivity index (χ4v) is 1.65. The van der Waals surface area contributed by atoms with Gasteiger partial charge in [0.15, 0.2) is 0 Å². The van der Waals surface area contributed by atoms with Crippen molar-refractivity contribution in [2.75, 3.05) is 5.73 Å². The molecule has 0 fully saturated rings. The molecule has 3 N–H and O–H groups in total.